The summed E-state index contributed by atoms with van der Waals surface area (Å²) in [6.45, 7) is 0.439. The van der Waals surface area contributed by atoms with E-state index in [2.05, 4.69) is 0 Å². The third-order valence-electron chi connectivity index (χ3n) is 5.13. The van der Waals surface area contributed by atoms with Crippen molar-refractivity contribution in [2.75, 3.05) is 27.2 Å². The lowest BCUT2D eigenvalue weighted by molar-refractivity contribution is -0.144. The molecule has 0 aromatic carbocycles. The Labute approximate surface area is 124 Å². The first kappa shape index (κ1) is 14.7. The molecule has 1 heterocycles. The van der Waals surface area contributed by atoms with Crippen LogP contribution in [0.1, 0.15) is 19.3 Å². The van der Waals surface area contributed by atoms with Gasteiger partial charge in [-0.3, -0.25) is 19.3 Å². The second kappa shape index (κ2) is 5.18. The Morgan fingerprint density at radius 2 is 1.86 bits per heavy atom. The molecule has 0 spiro atoms. The Kier molecular flexibility index (Phi) is 3.61. The van der Waals surface area contributed by atoms with Crippen molar-refractivity contribution in [3.8, 4) is 0 Å². The number of β-amino-alcohol motifs (C(OH)–C–C–N with tert-alkyl or cyclic N) is 1. The Morgan fingerprint density at radius 3 is 2.48 bits per heavy atom. The zero-order valence-electron chi connectivity index (χ0n) is 12.5. The summed E-state index contributed by atoms with van der Waals surface area (Å²) in [5.41, 5.74) is 0. The molecule has 2 amide bonds. The molecule has 21 heavy (non-hydrogen) atoms. The van der Waals surface area contributed by atoms with Gasteiger partial charge in [0.1, 0.15) is 5.78 Å². The summed E-state index contributed by atoms with van der Waals surface area (Å²) in [6, 6.07) is 0. The van der Waals surface area contributed by atoms with E-state index >= 15 is 0 Å². The van der Waals surface area contributed by atoms with Crippen LogP contribution in [0.25, 0.3) is 0 Å². The molecule has 3 aliphatic carbocycles. The first-order valence-electron chi connectivity index (χ1n) is 7.61. The topological polar surface area (TPSA) is 77.9 Å². The van der Waals surface area contributed by atoms with E-state index in [9.17, 15) is 19.5 Å². The van der Waals surface area contributed by atoms with Gasteiger partial charge in [-0.25, -0.2) is 0 Å². The average Bonchev–Trinajstić information content (AvgIpc) is 2.65. The van der Waals surface area contributed by atoms with Crippen molar-refractivity contribution in [3.63, 3.8) is 0 Å². The van der Waals surface area contributed by atoms with Crippen LogP contribution in [0.4, 0.5) is 0 Å². The fraction of sp³-hybridized carbons (Fsp3) is 0.800. The highest BCUT2D eigenvalue weighted by molar-refractivity contribution is 6.08. The number of likely N-dealkylation sites (N-methyl/N-ethyl adjacent to an activating group) is 1. The number of ketones is 1. The van der Waals surface area contributed by atoms with Crippen LogP contribution < -0.4 is 0 Å². The first-order chi connectivity index (χ1) is 9.90. The van der Waals surface area contributed by atoms with Gasteiger partial charge in [-0.15, -0.1) is 0 Å². The molecule has 4 fully saturated rings. The Morgan fingerprint density at radius 1 is 1.19 bits per heavy atom. The number of aliphatic hydroxyl groups excluding tert-OH is 1. The maximum Gasteiger partial charge on any atom is 0.233 e. The SMILES string of the molecule is CN(C)CC(O)CN1C(=O)C2C3CCC(C(=O)C3)C2C1=O. The van der Waals surface area contributed by atoms with Gasteiger partial charge in [-0.1, -0.05) is 0 Å². The van der Waals surface area contributed by atoms with E-state index in [1.807, 2.05) is 19.0 Å². The predicted octanol–water partition coefficient (Wildman–Crippen LogP) is -0.491. The molecular formula is C15H22N2O4. The monoisotopic (exact) mass is 294 g/mol. The fourth-order valence-corrected chi connectivity index (χ4v) is 4.32. The summed E-state index contributed by atoms with van der Waals surface area (Å²) in [6.07, 6.45) is 1.29. The number of likely N-dealkylation sites (tertiary alicyclic amines) is 1. The van der Waals surface area contributed by atoms with Gasteiger partial charge >= 0.3 is 0 Å². The highest BCUT2D eigenvalue weighted by Crippen LogP contribution is 2.51. The van der Waals surface area contributed by atoms with Crippen molar-refractivity contribution >= 4 is 17.6 Å². The second-order valence-electron chi connectivity index (χ2n) is 6.87. The third-order valence-corrected chi connectivity index (χ3v) is 5.13. The number of Topliss-reactive ketones (excluding diaryl/α,β-unsaturated/α-hetero) is 1. The number of carbonyl (C=O) groups is 3. The van der Waals surface area contributed by atoms with E-state index in [-0.39, 0.29) is 41.9 Å². The molecule has 6 heteroatoms. The summed E-state index contributed by atoms with van der Waals surface area (Å²) in [5.74, 6) is -1.29. The smallest absolute Gasteiger partial charge is 0.233 e. The van der Waals surface area contributed by atoms with Crippen LogP contribution >= 0.6 is 0 Å². The maximum atomic E-state index is 12.5. The third kappa shape index (κ3) is 2.30. The Bertz CT molecular complexity index is 490. The van der Waals surface area contributed by atoms with Crippen molar-refractivity contribution < 1.29 is 19.5 Å². The molecule has 3 saturated carbocycles. The van der Waals surface area contributed by atoms with Gasteiger partial charge in [0.15, 0.2) is 0 Å². The summed E-state index contributed by atoms with van der Waals surface area (Å²) < 4.78 is 0. The lowest BCUT2D eigenvalue weighted by atomic mass is 9.59. The lowest BCUT2D eigenvalue weighted by Crippen LogP contribution is -2.46. The highest BCUT2D eigenvalue weighted by atomic mass is 16.3. The number of amides is 2. The second-order valence-corrected chi connectivity index (χ2v) is 6.87. The summed E-state index contributed by atoms with van der Waals surface area (Å²) in [5, 5.41) is 9.99. The number of carbonyl (C=O) groups excluding carboxylic acids is 3. The van der Waals surface area contributed by atoms with Crippen LogP contribution in [0, 0.1) is 23.7 Å². The van der Waals surface area contributed by atoms with Gasteiger partial charge in [0.05, 0.1) is 24.5 Å². The van der Waals surface area contributed by atoms with Crippen molar-refractivity contribution in [2.45, 2.75) is 25.4 Å². The summed E-state index contributed by atoms with van der Waals surface area (Å²) in [7, 11) is 3.66. The zero-order chi connectivity index (χ0) is 15.3. The number of nitrogens with zero attached hydrogens (tertiary/aromatic N) is 2. The number of hydrogen-bond acceptors (Lipinski definition) is 5. The van der Waals surface area contributed by atoms with Crippen molar-refractivity contribution in [1.82, 2.24) is 9.80 Å². The van der Waals surface area contributed by atoms with Gasteiger partial charge in [-0.2, -0.15) is 0 Å². The molecule has 6 nitrogen and oxygen atoms in total. The van der Waals surface area contributed by atoms with Crippen LogP contribution in [0.5, 0.6) is 0 Å². The van der Waals surface area contributed by atoms with Crippen LogP contribution in [-0.2, 0) is 14.4 Å². The lowest BCUT2D eigenvalue weighted by Gasteiger charge is -2.41. The fourth-order valence-electron chi connectivity index (χ4n) is 4.32. The number of imide groups is 1. The number of fused-ring (bicyclic) bond motifs is 2. The molecule has 116 valence electrons. The first-order valence-corrected chi connectivity index (χ1v) is 7.61. The van der Waals surface area contributed by atoms with Crippen LogP contribution in [0.3, 0.4) is 0 Å². The predicted molar refractivity (Wildman–Crippen MR) is 74.1 cm³/mol. The largest absolute Gasteiger partial charge is 0.390 e. The van der Waals surface area contributed by atoms with Gasteiger partial charge in [-0.05, 0) is 32.9 Å². The summed E-state index contributed by atoms with van der Waals surface area (Å²) in [4.78, 5) is 40.1. The molecule has 1 N–H and O–H groups in total. The number of hydrogen-bond donors (Lipinski definition) is 1. The van der Waals surface area contributed by atoms with Crippen molar-refractivity contribution in [1.29, 1.82) is 0 Å². The molecule has 5 unspecified atom stereocenters. The minimum atomic E-state index is -0.749. The highest BCUT2D eigenvalue weighted by Gasteiger charge is 2.60. The molecule has 4 aliphatic rings. The number of aliphatic hydroxyl groups is 1. The standard InChI is InChI=1S/C15H22N2O4/c1-16(2)6-9(18)7-17-14(20)12-8-3-4-10(11(19)5-8)13(12)15(17)21/h8-10,12-13,18H,3-7H2,1-2H3. The molecule has 1 saturated heterocycles. The molecular weight excluding hydrogens is 272 g/mol. The number of rotatable bonds is 4. The van der Waals surface area contributed by atoms with E-state index in [1.54, 1.807) is 0 Å². The average molecular weight is 294 g/mol. The molecule has 0 radical (unpaired) electrons. The molecule has 1 aliphatic heterocycles. The minimum absolute atomic E-state index is 0.0277. The van der Waals surface area contributed by atoms with E-state index in [4.69, 9.17) is 0 Å². The minimum Gasteiger partial charge on any atom is -0.390 e. The quantitative estimate of drug-likeness (QED) is 0.708. The molecule has 5 atom stereocenters. The zero-order valence-corrected chi connectivity index (χ0v) is 12.5. The Hall–Kier alpha value is -1.27. The van der Waals surface area contributed by atoms with Gasteiger partial charge in [0, 0.05) is 18.9 Å². The van der Waals surface area contributed by atoms with Crippen LogP contribution in [0.2, 0.25) is 0 Å². The van der Waals surface area contributed by atoms with E-state index in [0.717, 1.165) is 12.8 Å². The molecule has 2 bridgehead atoms. The Balaban J connectivity index is 1.78. The van der Waals surface area contributed by atoms with E-state index in [0.29, 0.717) is 13.0 Å². The molecule has 4 rings (SSSR count). The molecule has 0 aromatic heterocycles. The van der Waals surface area contributed by atoms with Gasteiger partial charge < -0.3 is 10.0 Å². The van der Waals surface area contributed by atoms with E-state index in [1.165, 1.54) is 4.90 Å². The van der Waals surface area contributed by atoms with Crippen LogP contribution in [0.15, 0.2) is 0 Å². The molecule has 0 aromatic rings. The summed E-state index contributed by atoms with van der Waals surface area (Å²) >= 11 is 0. The van der Waals surface area contributed by atoms with E-state index < -0.39 is 12.0 Å². The van der Waals surface area contributed by atoms with Gasteiger partial charge in [0.2, 0.25) is 11.8 Å². The maximum absolute atomic E-state index is 12.5. The van der Waals surface area contributed by atoms with Crippen LogP contribution in [-0.4, -0.2) is 65.8 Å². The normalized spacial score (nSPS) is 36.6. The van der Waals surface area contributed by atoms with Crippen molar-refractivity contribution in [2.24, 2.45) is 23.7 Å². The van der Waals surface area contributed by atoms with Gasteiger partial charge in [0.25, 0.3) is 0 Å². The van der Waals surface area contributed by atoms with Crippen molar-refractivity contribution in [3.05, 3.63) is 0 Å².